The Labute approximate surface area is 102 Å². The predicted molar refractivity (Wildman–Crippen MR) is 64.6 cm³/mol. The number of nitro benzene ring substituents is 1. The zero-order valence-corrected chi connectivity index (χ0v) is 9.24. The van der Waals surface area contributed by atoms with Crippen LogP contribution < -0.4 is 0 Å². The molecule has 5 heteroatoms. The van der Waals surface area contributed by atoms with Crippen molar-refractivity contribution in [3.05, 3.63) is 69.8 Å². The van der Waals surface area contributed by atoms with Crippen molar-refractivity contribution in [2.45, 2.75) is 0 Å². The summed E-state index contributed by atoms with van der Waals surface area (Å²) in [6.45, 7) is 0. The smallest absolute Gasteiger partial charge is 0.280 e. The second-order valence-electron chi connectivity index (χ2n) is 3.62. The molecule has 0 atom stereocenters. The van der Waals surface area contributed by atoms with Crippen LogP contribution in [0, 0.1) is 10.1 Å². The molecule has 0 aliphatic rings. The maximum Gasteiger partial charge on any atom is 0.280 e. The molecule has 2 aromatic carbocycles. The molecule has 0 bridgehead atoms. The van der Waals surface area contributed by atoms with Crippen LogP contribution in [0.1, 0.15) is 15.9 Å². The highest BCUT2D eigenvalue weighted by atomic mass is 16.6. The van der Waals surface area contributed by atoms with Gasteiger partial charge >= 0.3 is 0 Å². The van der Waals surface area contributed by atoms with Gasteiger partial charge in [0.1, 0.15) is 11.3 Å². The fourth-order valence-electron chi connectivity index (χ4n) is 1.64. The van der Waals surface area contributed by atoms with Crippen LogP contribution in [0.4, 0.5) is 5.69 Å². The number of hydrogen-bond acceptors (Lipinski definition) is 4. The van der Waals surface area contributed by atoms with Crippen molar-refractivity contribution in [2.75, 3.05) is 0 Å². The van der Waals surface area contributed by atoms with Crippen LogP contribution in [-0.4, -0.2) is 15.8 Å². The first-order valence-electron chi connectivity index (χ1n) is 5.17. The quantitative estimate of drug-likeness (QED) is 0.510. The molecular formula is C13H9NO4. The first kappa shape index (κ1) is 11.8. The Balaban J connectivity index is 2.54. The lowest BCUT2D eigenvalue weighted by Gasteiger charge is -2.04. The molecule has 0 aliphatic heterocycles. The number of rotatable bonds is 3. The Bertz CT molecular complexity index is 622. The van der Waals surface area contributed by atoms with Gasteiger partial charge in [-0.1, -0.05) is 24.3 Å². The minimum atomic E-state index is -0.618. The van der Waals surface area contributed by atoms with Gasteiger partial charge in [0.2, 0.25) is 5.78 Å². The summed E-state index contributed by atoms with van der Waals surface area (Å²) in [5.74, 6) is -0.763. The van der Waals surface area contributed by atoms with E-state index in [1.165, 1.54) is 30.3 Å². The van der Waals surface area contributed by atoms with Crippen molar-refractivity contribution >= 4 is 11.5 Å². The van der Waals surface area contributed by atoms with E-state index in [2.05, 4.69) is 0 Å². The Morgan fingerprint density at radius 3 is 2.17 bits per heavy atom. The minimum absolute atomic E-state index is 0.0380. The molecule has 18 heavy (non-hydrogen) atoms. The Hall–Kier alpha value is -2.69. The highest BCUT2D eigenvalue weighted by Crippen LogP contribution is 2.25. The van der Waals surface area contributed by atoms with Gasteiger partial charge in [-0.3, -0.25) is 14.9 Å². The van der Waals surface area contributed by atoms with Crippen molar-refractivity contribution < 1.29 is 14.8 Å². The van der Waals surface area contributed by atoms with Gasteiger partial charge < -0.3 is 5.11 Å². The molecule has 0 heterocycles. The zero-order valence-electron chi connectivity index (χ0n) is 9.24. The van der Waals surface area contributed by atoms with Gasteiger partial charge in [-0.2, -0.15) is 0 Å². The number of phenolic OH excluding ortho intramolecular Hbond substituents is 1. The van der Waals surface area contributed by atoms with Crippen LogP contribution >= 0.6 is 0 Å². The highest BCUT2D eigenvalue weighted by molar-refractivity contribution is 6.12. The van der Waals surface area contributed by atoms with Gasteiger partial charge in [0.05, 0.1) is 10.5 Å². The maximum atomic E-state index is 12.1. The normalized spacial score (nSPS) is 10.0. The van der Waals surface area contributed by atoms with E-state index in [1.54, 1.807) is 18.2 Å². The lowest BCUT2D eigenvalue weighted by Crippen LogP contribution is -2.05. The molecule has 0 saturated carbocycles. The van der Waals surface area contributed by atoms with Crippen LogP contribution in [0.2, 0.25) is 0 Å². The fraction of sp³-hybridized carbons (Fsp3) is 0. The van der Waals surface area contributed by atoms with Crippen LogP contribution in [0.5, 0.6) is 5.75 Å². The van der Waals surface area contributed by atoms with E-state index in [9.17, 15) is 20.0 Å². The van der Waals surface area contributed by atoms with Crippen molar-refractivity contribution in [3.8, 4) is 5.75 Å². The summed E-state index contributed by atoms with van der Waals surface area (Å²) in [4.78, 5) is 22.3. The number of phenols is 1. The summed E-state index contributed by atoms with van der Waals surface area (Å²) < 4.78 is 0. The Morgan fingerprint density at radius 1 is 1.00 bits per heavy atom. The molecule has 0 spiro atoms. The number of carbonyl (C=O) groups is 1. The molecule has 0 unspecified atom stereocenters. The van der Waals surface area contributed by atoms with E-state index < -0.39 is 10.7 Å². The average Bonchev–Trinajstić information content (AvgIpc) is 2.38. The van der Waals surface area contributed by atoms with Crippen LogP contribution in [-0.2, 0) is 0 Å². The SMILES string of the molecule is O=C(c1ccccc1O)c1ccccc1[N+](=O)[O-]. The molecule has 0 aliphatic carbocycles. The van der Waals surface area contributed by atoms with Crippen LogP contribution in [0.3, 0.4) is 0 Å². The molecule has 1 N–H and O–H groups in total. The van der Waals surface area contributed by atoms with E-state index in [0.717, 1.165) is 0 Å². The second kappa shape index (κ2) is 4.67. The molecule has 2 rings (SSSR count). The topological polar surface area (TPSA) is 80.4 Å². The summed E-state index contributed by atoms with van der Waals surface area (Å²) in [7, 11) is 0. The number of nitrogens with zero attached hydrogens (tertiary/aromatic N) is 1. The number of aromatic hydroxyl groups is 1. The number of carbonyl (C=O) groups excluding carboxylic acids is 1. The standard InChI is InChI=1S/C13H9NO4/c15-12-8-4-2-6-10(12)13(16)9-5-1-3-7-11(9)14(17)18/h1-8,15H. The molecule has 0 fully saturated rings. The van der Waals surface area contributed by atoms with Gasteiger partial charge in [0, 0.05) is 6.07 Å². The van der Waals surface area contributed by atoms with Gasteiger partial charge in [0.15, 0.2) is 0 Å². The van der Waals surface area contributed by atoms with E-state index in [4.69, 9.17) is 0 Å². The van der Waals surface area contributed by atoms with Crippen molar-refractivity contribution in [1.29, 1.82) is 0 Å². The fourth-order valence-corrected chi connectivity index (χ4v) is 1.64. The molecule has 90 valence electrons. The summed E-state index contributed by atoms with van der Waals surface area (Å²) in [5.41, 5.74) is -0.262. The maximum absolute atomic E-state index is 12.1. The minimum Gasteiger partial charge on any atom is -0.507 e. The first-order valence-corrected chi connectivity index (χ1v) is 5.17. The van der Waals surface area contributed by atoms with E-state index >= 15 is 0 Å². The molecule has 0 radical (unpaired) electrons. The van der Waals surface area contributed by atoms with E-state index in [0.29, 0.717) is 0 Å². The summed E-state index contributed by atoms with van der Waals surface area (Å²) in [6.07, 6.45) is 0. The van der Waals surface area contributed by atoms with Crippen LogP contribution in [0.15, 0.2) is 48.5 Å². The van der Waals surface area contributed by atoms with Crippen LogP contribution in [0.25, 0.3) is 0 Å². The molecule has 2 aromatic rings. The third kappa shape index (κ3) is 2.06. The van der Waals surface area contributed by atoms with Crippen molar-refractivity contribution in [1.82, 2.24) is 0 Å². The molecular weight excluding hydrogens is 234 g/mol. The van der Waals surface area contributed by atoms with Crippen molar-refractivity contribution in [3.63, 3.8) is 0 Å². The third-order valence-corrected chi connectivity index (χ3v) is 2.49. The van der Waals surface area contributed by atoms with Gasteiger partial charge in [-0.15, -0.1) is 0 Å². The number of nitro groups is 1. The molecule has 5 nitrogen and oxygen atoms in total. The van der Waals surface area contributed by atoms with E-state index in [1.807, 2.05) is 0 Å². The summed E-state index contributed by atoms with van der Waals surface area (Å²) in [5, 5.41) is 20.4. The lowest BCUT2D eigenvalue weighted by atomic mass is 10.0. The van der Waals surface area contributed by atoms with Gasteiger partial charge in [-0.25, -0.2) is 0 Å². The molecule has 0 saturated heterocycles. The van der Waals surface area contributed by atoms with Gasteiger partial charge in [-0.05, 0) is 18.2 Å². The third-order valence-electron chi connectivity index (χ3n) is 2.49. The monoisotopic (exact) mass is 243 g/mol. The molecule has 0 amide bonds. The zero-order chi connectivity index (χ0) is 13.1. The average molecular weight is 243 g/mol. The first-order chi connectivity index (χ1) is 8.61. The number of ketones is 1. The summed E-state index contributed by atoms with van der Waals surface area (Å²) in [6, 6.07) is 11.6. The lowest BCUT2D eigenvalue weighted by molar-refractivity contribution is -0.385. The summed E-state index contributed by atoms with van der Waals surface area (Å²) >= 11 is 0. The largest absolute Gasteiger partial charge is 0.507 e. The Kier molecular flexibility index (Phi) is 3.05. The molecule has 0 aromatic heterocycles. The van der Waals surface area contributed by atoms with Crippen molar-refractivity contribution in [2.24, 2.45) is 0 Å². The second-order valence-corrected chi connectivity index (χ2v) is 3.62. The number of para-hydroxylation sites is 2. The van der Waals surface area contributed by atoms with Gasteiger partial charge in [0.25, 0.3) is 5.69 Å². The highest BCUT2D eigenvalue weighted by Gasteiger charge is 2.22. The predicted octanol–water partition coefficient (Wildman–Crippen LogP) is 2.53. The number of hydrogen-bond donors (Lipinski definition) is 1. The number of benzene rings is 2. The van der Waals surface area contributed by atoms with E-state index in [-0.39, 0.29) is 22.6 Å². The Morgan fingerprint density at radius 2 is 1.56 bits per heavy atom.